The Balaban J connectivity index is 1.25. The Morgan fingerprint density at radius 2 is 1.83 bits per heavy atom. The average Bonchev–Trinajstić information content (AvgIpc) is 3.52. The van der Waals surface area contributed by atoms with Crippen LogP contribution < -0.4 is 10.9 Å². The SMILES string of the molecule is Cc1c(C(=O)Nc2c(C)n(C)n(C3CCCCC3)c2=O)noc1C12C#CC1CC1(CCCC1)CC2. The van der Waals surface area contributed by atoms with Crippen molar-refractivity contribution in [2.45, 2.75) is 102 Å². The minimum Gasteiger partial charge on any atom is -0.359 e. The molecule has 2 unspecified atom stereocenters. The van der Waals surface area contributed by atoms with Crippen molar-refractivity contribution in [2.24, 2.45) is 18.4 Å². The first kappa shape index (κ1) is 22.7. The molecule has 6 rings (SSSR count). The lowest BCUT2D eigenvalue weighted by atomic mass is 9.53. The molecule has 0 radical (unpaired) electrons. The van der Waals surface area contributed by atoms with E-state index in [1.54, 1.807) is 0 Å². The number of fused-ring (bicyclic) bond motifs is 1. The van der Waals surface area contributed by atoms with E-state index in [4.69, 9.17) is 4.52 Å². The number of nitrogens with one attached hydrogen (secondary N) is 1. The minimum absolute atomic E-state index is 0.135. The van der Waals surface area contributed by atoms with Crippen LogP contribution in [0.1, 0.15) is 111 Å². The Morgan fingerprint density at radius 3 is 2.49 bits per heavy atom. The molecule has 1 N–H and O–H groups in total. The summed E-state index contributed by atoms with van der Waals surface area (Å²) < 4.78 is 9.56. The number of hydrogen-bond donors (Lipinski definition) is 1. The van der Waals surface area contributed by atoms with E-state index in [0.29, 0.717) is 11.1 Å². The van der Waals surface area contributed by atoms with Gasteiger partial charge < -0.3 is 9.84 Å². The molecule has 0 bridgehead atoms. The predicted molar refractivity (Wildman–Crippen MR) is 133 cm³/mol. The molecule has 2 aromatic heterocycles. The number of aromatic nitrogens is 3. The van der Waals surface area contributed by atoms with Gasteiger partial charge in [0.25, 0.3) is 11.5 Å². The van der Waals surface area contributed by atoms with Crippen molar-refractivity contribution >= 4 is 11.6 Å². The lowest BCUT2D eigenvalue weighted by molar-refractivity contribution is 0.0960. The van der Waals surface area contributed by atoms with Crippen molar-refractivity contribution < 1.29 is 9.32 Å². The van der Waals surface area contributed by atoms with Crippen LogP contribution in [-0.4, -0.2) is 20.4 Å². The van der Waals surface area contributed by atoms with Crippen LogP contribution >= 0.6 is 0 Å². The Bertz CT molecular complexity index is 1290. The molecule has 2 atom stereocenters. The predicted octanol–water partition coefficient (Wildman–Crippen LogP) is 5.16. The first-order chi connectivity index (χ1) is 16.9. The van der Waals surface area contributed by atoms with Crippen LogP contribution in [0.5, 0.6) is 0 Å². The molecule has 0 aromatic carbocycles. The van der Waals surface area contributed by atoms with Gasteiger partial charge in [0.05, 0.1) is 11.7 Å². The van der Waals surface area contributed by atoms with Crippen molar-refractivity contribution in [1.29, 1.82) is 0 Å². The van der Waals surface area contributed by atoms with Crippen LogP contribution in [0.15, 0.2) is 9.32 Å². The Labute approximate surface area is 206 Å². The highest BCUT2D eigenvalue weighted by atomic mass is 16.5. The zero-order valence-corrected chi connectivity index (χ0v) is 21.2. The second-order valence-corrected chi connectivity index (χ2v) is 11.6. The fourth-order valence-electron chi connectivity index (χ4n) is 7.46. The van der Waals surface area contributed by atoms with E-state index < -0.39 is 0 Å². The first-order valence-electron chi connectivity index (χ1n) is 13.4. The van der Waals surface area contributed by atoms with E-state index in [9.17, 15) is 9.59 Å². The normalized spacial score (nSPS) is 27.2. The smallest absolute Gasteiger partial charge is 0.291 e. The minimum atomic E-state index is -0.387. The maximum atomic E-state index is 13.3. The molecule has 7 nitrogen and oxygen atoms in total. The molecular weight excluding hydrogens is 440 g/mol. The van der Waals surface area contributed by atoms with Crippen LogP contribution in [0, 0.1) is 37.0 Å². The highest BCUT2D eigenvalue weighted by Gasteiger charge is 2.55. The summed E-state index contributed by atoms with van der Waals surface area (Å²) in [6.45, 7) is 3.79. The molecule has 2 aromatic rings. The first-order valence-corrected chi connectivity index (χ1v) is 13.4. The molecule has 2 heterocycles. The van der Waals surface area contributed by atoms with Crippen LogP contribution in [-0.2, 0) is 12.5 Å². The quantitative estimate of drug-likeness (QED) is 0.618. The standard InChI is InChI=1S/C28H36N4O3/c1-18-22(25(33)29-23-19(2)31(3)32(26(23)34)21-9-5-4-6-10-21)30-35-24(18)28-14-11-20(28)17-27(15-16-28)12-7-8-13-27/h20-21H,4-10,12-13,15-17H2,1-3H3,(H,29,33). The monoisotopic (exact) mass is 476 g/mol. The third-order valence-electron chi connectivity index (χ3n) is 9.71. The van der Waals surface area contributed by atoms with Crippen molar-refractivity contribution in [3.63, 3.8) is 0 Å². The number of amides is 1. The summed E-state index contributed by atoms with van der Waals surface area (Å²) in [6, 6.07) is 0.189. The molecule has 186 valence electrons. The van der Waals surface area contributed by atoms with Crippen LogP contribution in [0.3, 0.4) is 0 Å². The second-order valence-electron chi connectivity index (χ2n) is 11.6. The van der Waals surface area contributed by atoms with Crippen LogP contribution in [0.25, 0.3) is 0 Å². The third-order valence-corrected chi connectivity index (χ3v) is 9.71. The van der Waals surface area contributed by atoms with E-state index in [-0.39, 0.29) is 34.5 Å². The Kier molecular flexibility index (Phi) is 5.28. The molecule has 3 saturated carbocycles. The maximum Gasteiger partial charge on any atom is 0.291 e. The Morgan fingerprint density at radius 1 is 1.09 bits per heavy atom. The summed E-state index contributed by atoms with van der Waals surface area (Å²) in [7, 11) is 1.90. The number of carbonyl (C=O) groups excluding carboxylic acids is 1. The molecule has 0 saturated heterocycles. The van der Waals surface area contributed by atoms with Gasteiger partial charge in [-0.3, -0.25) is 14.3 Å². The lowest BCUT2D eigenvalue weighted by Gasteiger charge is -2.48. The van der Waals surface area contributed by atoms with Gasteiger partial charge in [-0.1, -0.05) is 49.1 Å². The van der Waals surface area contributed by atoms with Gasteiger partial charge in [-0.15, -0.1) is 0 Å². The van der Waals surface area contributed by atoms with Gasteiger partial charge in [-0.2, -0.15) is 0 Å². The highest BCUT2D eigenvalue weighted by Crippen LogP contribution is 2.59. The molecule has 3 fully saturated rings. The van der Waals surface area contributed by atoms with Crippen molar-refractivity contribution in [3.8, 4) is 11.8 Å². The molecule has 35 heavy (non-hydrogen) atoms. The average molecular weight is 477 g/mol. The number of carbonyl (C=O) groups is 1. The summed E-state index contributed by atoms with van der Waals surface area (Å²) in [5.74, 6) is 7.49. The summed E-state index contributed by atoms with van der Waals surface area (Å²) in [4.78, 5) is 26.6. The van der Waals surface area contributed by atoms with Gasteiger partial charge in [0.15, 0.2) is 11.5 Å². The van der Waals surface area contributed by atoms with E-state index in [1.807, 2.05) is 30.3 Å². The van der Waals surface area contributed by atoms with Gasteiger partial charge in [0.2, 0.25) is 0 Å². The van der Waals surface area contributed by atoms with Gasteiger partial charge in [0.1, 0.15) is 11.1 Å². The fraction of sp³-hybridized carbons (Fsp3) is 0.679. The largest absolute Gasteiger partial charge is 0.359 e. The summed E-state index contributed by atoms with van der Waals surface area (Å²) >= 11 is 0. The molecule has 4 aliphatic rings. The third kappa shape index (κ3) is 3.36. The molecule has 1 spiro atoms. The molecule has 7 heteroatoms. The van der Waals surface area contributed by atoms with Crippen molar-refractivity contribution in [1.82, 2.24) is 14.5 Å². The van der Waals surface area contributed by atoms with Gasteiger partial charge in [-0.25, -0.2) is 4.68 Å². The summed E-state index contributed by atoms with van der Waals surface area (Å²) in [5, 5.41) is 7.08. The molecule has 0 aliphatic heterocycles. The van der Waals surface area contributed by atoms with Gasteiger partial charge in [0, 0.05) is 18.5 Å². The molecule has 1 amide bonds. The van der Waals surface area contributed by atoms with Crippen LogP contribution in [0.2, 0.25) is 0 Å². The Hall–Kier alpha value is -2.75. The van der Waals surface area contributed by atoms with E-state index in [1.165, 1.54) is 38.5 Å². The topological polar surface area (TPSA) is 82.1 Å². The summed E-state index contributed by atoms with van der Waals surface area (Å²) in [5.41, 5.74) is 2.13. The van der Waals surface area contributed by atoms with E-state index >= 15 is 0 Å². The maximum absolute atomic E-state index is 13.3. The molecule has 4 aliphatic carbocycles. The van der Waals surface area contributed by atoms with Gasteiger partial charge in [-0.05, 0) is 64.2 Å². The zero-order valence-electron chi connectivity index (χ0n) is 21.2. The zero-order chi connectivity index (χ0) is 24.4. The van der Waals surface area contributed by atoms with Gasteiger partial charge >= 0.3 is 0 Å². The number of nitrogens with zero attached hydrogens (tertiary/aromatic N) is 3. The second kappa shape index (κ2) is 8.15. The number of hydrogen-bond acceptors (Lipinski definition) is 4. The molecular formula is C28H36N4O3. The number of anilines is 1. The van der Waals surface area contributed by atoms with Crippen molar-refractivity contribution in [2.75, 3.05) is 5.32 Å². The number of rotatable bonds is 4. The lowest BCUT2D eigenvalue weighted by Crippen LogP contribution is -2.47. The highest BCUT2D eigenvalue weighted by molar-refractivity contribution is 6.04. The van der Waals surface area contributed by atoms with E-state index in [0.717, 1.165) is 55.5 Å². The fourth-order valence-corrected chi connectivity index (χ4v) is 7.46. The van der Waals surface area contributed by atoms with E-state index in [2.05, 4.69) is 22.3 Å². The van der Waals surface area contributed by atoms with Crippen LogP contribution in [0.4, 0.5) is 5.69 Å². The van der Waals surface area contributed by atoms with Crippen molar-refractivity contribution in [3.05, 3.63) is 33.1 Å². The summed E-state index contributed by atoms with van der Waals surface area (Å²) in [6.07, 6.45) is 14.1.